The fourth-order valence-electron chi connectivity index (χ4n) is 4.13. The highest BCUT2D eigenvalue weighted by atomic mass is 35.5. The number of β-amino-alcohol motifs (C(OH)–C–C–N with tert-alkyl or cyclic N) is 1. The first-order valence-electron chi connectivity index (χ1n) is 10.6. The van der Waals surface area contributed by atoms with Crippen LogP contribution in [-0.2, 0) is 9.59 Å². The zero-order chi connectivity index (χ0) is 24.7. The standard InChI is InChI=1S/C23H24ClN5O5/c1-11-18(7-16-15-6-13(24)4-5-17(15)27-21(16)32)26-12(2)20(11)22(33)25-8-14(30)9-29-19(31)10-28(3)23(29)34/h4-7,14,26,30H,8-10H2,1-3H3,(H,25,33)(H,27,32)/t14-/m1/s1. The molecular formula is C23H24ClN5O5. The lowest BCUT2D eigenvalue weighted by Crippen LogP contribution is -2.43. The van der Waals surface area contributed by atoms with E-state index in [1.165, 1.54) is 11.9 Å². The van der Waals surface area contributed by atoms with Gasteiger partial charge in [-0.1, -0.05) is 11.6 Å². The van der Waals surface area contributed by atoms with E-state index in [0.717, 1.165) is 4.90 Å². The minimum Gasteiger partial charge on any atom is -0.389 e. The van der Waals surface area contributed by atoms with E-state index < -0.39 is 23.9 Å². The van der Waals surface area contributed by atoms with E-state index in [9.17, 15) is 24.3 Å². The third-order valence-corrected chi connectivity index (χ3v) is 6.11. The first-order chi connectivity index (χ1) is 16.1. The molecule has 178 valence electrons. The minimum absolute atomic E-state index is 0.0351. The number of aliphatic hydroxyl groups is 1. The largest absolute Gasteiger partial charge is 0.389 e. The molecule has 1 aromatic carbocycles. The molecule has 4 rings (SSSR count). The molecule has 1 saturated heterocycles. The SMILES string of the molecule is Cc1[nH]c(C=C2C(=O)Nc3ccc(Cl)cc32)c(C)c1C(=O)NC[C@@H](O)CN1C(=O)CN(C)C1=O. The van der Waals surface area contributed by atoms with Gasteiger partial charge in [0, 0.05) is 41.3 Å². The van der Waals surface area contributed by atoms with E-state index in [0.29, 0.717) is 44.4 Å². The van der Waals surface area contributed by atoms with Crippen LogP contribution in [0.4, 0.5) is 10.5 Å². The second-order valence-corrected chi connectivity index (χ2v) is 8.81. The predicted molar refractivity (Wildman–Crippen MR) is 126 cm³/mol. The molecule has 0 radical (unpaired) electrons. The number of hydrogen-bond donors (Lipinski definition) is 4. The van der Waals surface area contributed by atoms with Crippen molar-refractivity contribution in [2.75, 3.05) is 32.0 Å². The van der Waals surface area contributed by atoms with Crippen LogP contribution in [0.1, 0.15) is 32.9 Å². The number of halogens is 1. The number of benzene rings is 1. The van der Waals surface area contributed by atoms with Crippen molar-refractivity contribution < 1.29 is 24.3 Å². The monoisotopic (exact) mass is 485 g/mol. The lowest BCUT2D eigenvalue weighted by molar-refractivity contribution is -0.126. The van der Waals surface area contributed by atoms with Gasteiger partial charge in [0.05, 0.1) is 23.8 Å². The molecular weight excluding hydrogens is 462 g/mol. The maximum Gasteiger partial charge on any atom is 0.327 e. The van der Waals surface area contributed by atoms with E-state index >= 15 is 0 Å². The van der Waals surface area contributed by atoms with Crippen LogP contribution in [0.5, 0.6) is 0 Å². The highest BCUT2D eigenvalue weighted by Crippen LogP contribution is 2.35. The van der Waals surface area contributed by atoms with Crippen LogP contribution >= 0.6 is 11.6 Å². The van der Waals surface area contributed by atoms with Crippen LogP contribution < -0.4 is 10.6 Å². The molecule has 0 unspecified atom stereocenters. The summed E-state index contributed by atoms with van der Waals surface area (Å²) in [6.45, 7) is 3.10. The Morgan fingerprint density at radius 2 is 2.03 bits per heavy atom. The van der Waals surface area contributed by atoms with Crippen molar-refractivity contribution in [2.45, 2.75) is 20.0 Å². The van der Waals surface area contributed by atoms with Gasteiger partial charge in [-0.05, 0) is 43.7 Å². The summed E-state index contributed by atoms with van der Waals surface area (Å²) in [5.41, 5.74) is 3.97. The summed E-state index contributed by atoms with van der Waals surface area (Å²) in [6.07, 6.45) is 0.556. The van der Waals surface area contributed by atoms with Gasteiger partial charge in [-0.3, -0.25) is 19.3 Å². The molecule has 10 nitrogen and oxygen atoms in total. The van der Waals surface area contributed by atoms with Gasteiger partial charge in [0.25, 0.3) is 11.8 Å². The minimum atomic E-state index is -1.12. The Bertz CT molecular complexity index is 1250. The maximum atomic E-state index is 12.9. The van der Waals surface area contributed by atoms with Crippen LogP contribution in [0, 0.1) is 13.8 Å². The van der Waals surface area contributed by atoms with E-state index in [1.807, 2.05) is 0 Å². The van der Waals surface area contributed by atoms with Gasteiger partial charge in [-0.25, -0.2) is 4.79 Å². The number of imide groups is 1. The van der Waals surface area contributed by atoms with E-state index in [2.05, 4.69) is 15.6 Å². The first-order valence-corrected chi connectivity index (χ1v) is 11.0. The molecule has 2 aliphatic rings. The van der Waals surface area contributed by atoms with Crippen molar-refractivity contribution in [1.29, 1.82) is 0 Å². The van der Waals surface area contributed by atoms with E-state index in [4.69, 9.17) is 11.6 Å². The Morgan fingerprint density at radius 3 is 2.71 bits per heavy atom. The lowest BCUT2D eigenvalue weighted by Gasteiger charge is -2.18. The molecule has 0 spiro atoms. The molecule has 11 heteroatoms. The number of nitrogens with zero attached hydrogens (tertiary/aromatic N) is 2. The number of carbonyl (C=O) groups excluding carboxylic acids is 4. The molecule has 1 atom stereocenters. The second-order valence-electron chi connectivity index (χ2n) is 8.37. The summed E-state index contributed by atoms with van der Waals surface area (Å²) in [4.78, 5) is 54.5. The Balaban J connectivity index is 1.48. The second kappa shape index (κ2) is 8.96. The number of nitrogens with one attached hydrogen (secondary N) is 3. The molecule has 3 heterocycles. The number of aromatic amines is 1. The molecule has 2 aliphatic heterocycles. The van der Waals surface area contributed by atoms with Crippen molar-refractivity contribution in [1.82, 2.24) is 20.1 Å². The normalized spacial score (nSPS) is 17.4. The van der Waals surface area contributed by atoms with Gasteiger partial charge >= 0.3 is 6.03 Å². The first kappa shape index (κ1) is 23.5. The zero-order valence-electron chi connectivity index (χ0n) is 18.9. The summed E-state index contributed by atoms with van der Waals surface area (Å²) in [5.74, 6) is -1.09. The highest BCUT2D eigenvalue weighted by Gasteiger charge is 2.34. The summed E-state index contributed by atoms with van der Waals surface area (Å²) < 4.78 is 0. The molecule has 34 heavy (non-hydrogen) atoms. The van der Waals surface area contributed by atoms with Crippen LogP contribution in [0.2, 0.25) is 5.02 Å². The van der Waals surface area contributed by atoms with Crippen molar-refractivity contribution in [3.63, 3.8) is 0 Å². The third kappa shape index (κ3) is 4.29. The Morgan fingerprint density at radius 1 is 1.29 bits per heavy atom. The van der Waals surface area contributed by atoms with Crippen molar-refractivity contribution in [3.8, 4) is 0 Å². The fraction of sp³-hybridized carbons (Fsp3) is 0.304. The van der Waals surface area contributed by atoms with Gasteiger partial charge < -0.3 is 25.6 Å². The summed E-state index contributed by atoms with van der Waals surface area (Å²) in [7, 11) is 1.50. The average molecular weight is 486 g/mol. The van der Waals surface area contributed by atoms with Crippen LogP contribution in [0.25, 0.3) is 11.6 Å². The average Bonchev–Trinajstić information content (AvgIpc) is 3.32. The molecule has 2 aromatic rings. The highest BCUT2D eigenvalue weighted by molar-refractivity contribution is 6.36. The van der Waals surface area contributed by atoms with Crippen molar-refractivity contribution in [2.24, 2.45) is 0 Å². The number of anilines is 1. The molecule has 0 bridgehead atoms. The van der Waals surface area contributed by atoms with Crippen LogP contribution in [-0.4, -0.2) is 76.4 Å². The molecule has 1 fully saturated rings. The fourth-order valence-corrected chi connectivity index (χ4v) is 4.30. The Kier molecular flexibility index (Phi) is 6.20. The summed E-state index contributed by atoms with van der Waals surface area (Å²) >= 11 is 6.09. The predicted octanol–water partition coefficient (Wildman–Crippen LogP) is 1.76. The van der Waals surface area contributed by atoms with Gasteiger partial charge in [0.1, 0.15) is 6.54 Å². The van der Waals surface area contributed by atoms with Gasteiger partial charge in [0.15, 0.2) is 0 Å². The summed E-state index contributed by atoms with van der Waals surface area (Å²) in [6, 6.07) is 4.64. The van der Waals surface area contributed by atoms with E-state index in [1.54, 1.807) is 38.1 Å². The number of hydrogen-bond acceptors (Lipinski definition) is 5. The smallest absolute Gasteiger partial charge is 0.327 e. The summed E-state index contributed by atoms with van der Waals surface area (Å²) in [5, 5.41) is 16.2. The van der Waals surface area contributed by atoms with Crippen LogP contribution in [0.15, 0.2) is 18.2 Å². The Labute approximate surface area is 200 Å². The molecule has 1 aromatic heterocycles. The van der Waals surface area contributed by atoms with Gasteiger partial charge in [-0.2, -0.15) is 0 Å². The molecule has 0 saturated carbocycles. The number of aromatic nitrogens is 1. The quantitative estimate of drug-likeness (QED) is 0.365. The number of aliphatic hydroxyl groups excluding tert-OH is 1. The number of rotatable bonds is 6. The molecule has 0 aliphatic carbocycles. The topological polar surface area (TPSA) is 135 Å². The lowest BCUT2D eigenvalue weighted by atomic mass is 10.0. The van der Waals surface area contributed by atoms with Crippen molar-refractivity contribution >= 4 is 52.7 Å². The van der Waals surface area contributed by atoms with Crippen LogP contribution in [0.3, 0.4) is 0 Å². The number of likely N-dealkylation sites (N-methyl/N-ethyl adjacent to an activating group) is 1. The van der Waals surface area contributed by atoms with Gasteiger partial charge in [-0.15, -0.1) is 0 Å². The number of aryl methyl sites for hydroxylation is 1. The number of urea groups is 1. The zero-order valence-corrected chi connectivity index (χ0v) is 19.6. The molecule has 5 amide bonds. The van der Waals surface area contributed by atoms with Crippen molar-refractivity contribution in [3.05, 3.63) is 51.3 Å². The van der Waals surface area contributed by atoms with E-state index in [-0.39, 0.29) is 25.5 Å². The third-order valence-electron chi connectivity index (χ3n) is 5.88. The number of carbonyl (C=O) groups is 4. The Hall–Kier alpha value is -3.63. The molecule has 4 N–H and O–H groups in total. The number of amides is 5. The van der Waals surface area contributed by atoms with Gasteiger partial charge in [0.2, 0.25) is 5.91 Å². The number of H-pyrrole nitrogens is 1. The maximum absolute atomic E-state index is 12.9. The number of fused-ring (bicyclic) bond motifs is 1.